The lowest BCUT2D eigenvalue weighted by molar-refractivity contribution is 0.494. The van der Waals surface area contributed by atoms with E-state index in [1.807, 2.05) is 0 Å². The Morgan fingerprint density at radius 3 is 1.35 bits per heavy atom. The van der Waals surface area contributed by atoms with E-state index in [9.17, 15) is 0 Å². The Balaban J connectivity index is 1.91. The minimum atomic E-state index is 0.300. The maximum atomic E-state index is 2.32. The summed E-state index contributed by atoms with van der Waals surface area (Å²) in [5, 5.41) is 0. The molecule has 1 saturated carbocycles. The SMILES string of the molecule is CCCCCC[SiH2]C1CCC([SiH2]CCCCCC)CC1. The molecular weight excluding hydrogens is 272 g/mol. The van der Waals surface area contributed by atoms with Gasteiger partial charge >= 0.3 is 0 Å². The summed E-state index contributed by atoms with van der Waals surface area (Å²) >= 11 is 0. The van der Waals surface area contributed by atoms with Crippen LogP contribution in [0.5, 0.6) is 0 Å². The first-order chi connectivity index (χ1) is 9.86. The van der Waals surface area contributed by atoms with Crippen LogP contribution in [-0.2, 0) is 0 Å². The van der Waals surface area contributed by atoms with Gasteiger partial charge in [-0.2, -0.15) is 0 Å². The molecule has 20 heavy (non-hydrogen) atoms. The van der Waals surface area contributed by atoms with Gasteiger partial charge in [-0.15, -0.1) is 0 Å². The molecule has 0 aromatic rings. The molecule has 120 valence electrons. The summed E-state index contributed by atoms with van der Waals surface area (Å²) in [6.45, 7) is 4.65. The van der Waals surface area contributed by atoms with E-state index in [0.29, 0.717) is 19.0 Å². The first-order valence-corrected chi connectivity index (χ1v) is 13.5. The lowest BCUT2D eigenvalue weighted by Crippen LogP contribution is -2.15. The van der Waals surface area contributed by atoms with E-state index in [2.05, 4.69) is 13.8 Å². The second-order valence-corrected chi connectivity index (χ2v) is 12.2. The highest BCUT2D eigenvalue weighted by molar-refractivity contribution is 6.39. The van der Waals surface area contributed by atoms with Crippen molar-refractivity contribution in [3.05, 3.63) is 0 Å². The third-order valence-corrected chi connectivity index (χ3v) is 10.5. The van der Waals surface area contributed by atoms with Gasteiger partial charge in [0.2, 0.25) is 0 Å². The normalized spacial score (nSPS) is 24.3. The predicted octanol–water partition coefficient (Wildman–Crippen LogP) is 5.47. The maximum absolute atomic E-state index is 2.32. The average Bonchev–Trinajstić information content (AvgIpc) is 2.48. The van der Waals surface area contributed by atoms with Crippen LogP contribution in [0, 0.1) is 0 Å². The lowest BCUT2D eigenvalue weighted by Gasteiger charge is -2.28. The summed E-state index contributed by atoms with van der Waals surface area (Å²) in [7, 11) is 0.600. The number of hydrogen-bond donors (Lipinski definition) is 0. The summed E-state index contributed by atoms with van der Waals surface area (Å²) in [6, 6.07) is 3.31. The fourth-order valence-corrected chi connectivity index (χ4v) is 8.42. The summed E-state index contributed by atoms with van der Waals surface area (Å²) < 4.78 is 0. The van der Waals surface area contributed by atoms with Crippen molar-refractivity contribution in [2.75, 3.05) is 0 Å². The van der Waals surface area contributed by atoms with Crippen molar-refractivity contribution in [2.24, 2.45) is 0 Å². The van der Waals surface area contributed by atoms with Gasteiger partial charge in [-0.25, -0.2) is 0 Å². The molecular formula is C18H40Si2. The van der Waals surface area contributed by atoms with E-state index in [4.69, 9.17) is 0 Å². The summed E-state index contributed by atoms with van der Waals surface area (Å²) in [6.07, 6.45) is 18.5. The number of rotatable bonds is 12. The van der Waals surface area contributed by atoms with Crippen molar-refractivity contribution in [2.45, 2.75) is 114 Å². The zero-order chi connectivity index (χ0) is 14.5. The molecule has 2 heteroatoms. The first-order valence-electron chi connectivity index (χ1n) is 9.86. The standard InChI is InChI=1S/C18H40Si2/c1-3-5-7-9-15-19-17-11-13-18(14-12-17)20-16-10-8-6-4-2/h17-18H,3-16,19-20H2,1-2H3. The lowest BCUT2D eigenvalue weighted by atomic mass is 9.99. The largest absolute Gasteiger partial charge is 0.0654 e. The minimum absolute atomic E-state index is 0.300. The van der Waals surface area contributed by atoms with Crippen LogP contribution in [0.25, 0.3) is 0 Å². The smallest absolute Gasteiger partial charge is 0.0231 e. The van der Waals surface area contributed by atoms with Crippen molar-refractivity contribution < 1.29 is 0 Å². The van der Waals surface area contributed by atoms with Gasteiger partial charge in [0.25, 0.3) is 0 Å². The van der Waals surface area contributed by atoms with Crippen LogP contribution in [0.4, 0.5) is 0 Å². The molecule has 1 aliphatic rings. The fraction of sp³-hybridized carbons (Fsp3) is 1.00. The van der Waals surface area contributed by atoms with Gasteiger partial charge in [0, 0.05) is 19.0 Å². The fourth-order valence-electron chi connectivity index (χ4n) is 3.88. The van der Waals surface area contributed by atoms with Crippen LogP contribution in [0.3, 0.4) is 0 Å². The molecule has 0 spiro atoms. The molecule has 0 amide bonds. The van der Waals surface area contributed by atoms with Gasteiger partial charge in [0.15, 0.2) is 0 Å². The van der Waals surface area contributed by atoms with Gasteiger partial charge in [-0.3, -0.25) is 0 Å². The monoisotopic (exact) mass is 312 g/mol. The quantitative estimate of drug-likeness (QED) is 0.331. The van der Waals surface area contributed by atoms with Crippen LogP contribution < -0.4 is 0 Å². The van der Waals surface area contributed by atoms with E-state index < -0.39 is 0 Å². The van der Waals surface area contributed by atoms with Crippen LogP contribution >= 0.6 is 0 Å². The van der Waals surface area contributed by atoms with Gasteiger partial charge in [0.1, 0.15) is 0 Å². The highest BCUT2D eigenvalue weighted by atomic mass is 28.2. The van der Waals surface area contributed by atoms with Crippen molar-refractivity contribution in [1.82, 2.24) is 0 Å². The second-order valence-electron chi connectivity index (χ2n) is 7.29. The van der Waals surface area contributed by atoms with E-state index in [1.165, 1.54) is 49.6 Å². The van der Waals surface area contributed by atoms with Crippen molar-refractivity contribution >= 4 is 19.0 Å². The molecule has 0 aromatic carbocycles. The molecule has 1 aliphatic carbocycles. The van der Waals surface area contributed by atoms with Gasteiger partial charge < -0.3 is 0 Å². The molecule has 1 fully saturated rings. The molecule has 0 N–H and O–H groups in total. The van der Waals surface area contributed by atoms with E-state index >= 15 is 0 Å². The number of unbranched alkanes of at least 4 members (excludes halogenated alkanes) is 6. The molecule has 1 rings (SSSR count). The Labute approximate surface area is 133 Å². The van der Waals surface area contributed by atoms with Crippen molar-refractivity contribution in [3.63, 3.8) is 0 Å². The minimum Gasteiger partial charge on any atom is -0.0654 e. The number of hydrogen-bond acceptors (Lipinski definition) is 0. The molecule has 0 nitrogen and oxygen atoms in total. The van der Waals surface area contributed by atoms with Crippen LogP contribution in [0.2, 0.25) is 23.2 Å². The van der Waals surface area contributed by atoms with E-state index in [1.54, 1.807) is 50.6 Å². The average molecular weight is 313 g/mol. The third kappa shape index (κ3) is 9.38. The molecule has 0 heterocycles. The Kier molecular flexibility index (Phi) is 12.1. The predicted molar refractivity (Wildman–Crippen MR) is 101 cm³/mol. The molecule has 0 radical (unpaired) electrons. The Bertz CT molecular complexity index is 176. The second kappa shape index (κ2) is 13.1. The van der Waals surface area contributed by atoms with Crippen molar-refractivity contribution in [3.8, 4) is 0 Å². The zero-order valence-electron chi connectivity index (χ0n) is 14.5. The molecule has 0 atom stereocenters. The Hall–Kier alpha value is 0.434. The van der Waals surface area contributed by atoms with Crippen molar-refractivity contribution in [1.29, 1.82) is 0 Å². The van der Waals surface area contributed by atoms with Gasteiger partial charge in [-0.05, 0) is 0 Å². The Morgan fingerprint density at radius 1 is 0.600 bits per heavy atom. The topological polar surface area (TPSA) is 0 Å². The molecule has 0 saturated heterocycles. The van der Waals surface area contributed by atoms with Crippen LogP contribution in [0.1, 0.15) is 90.9 Å². The van der Waals surface area contributed by atoms with Crippen LogP contribution in [0.15, 0.2) is 0 Å². The molecule has 0 unspecified atom stereocenters. The maximum Gasteiger partial charge on any atom is 0.0231 e. The van der Waals surface area contributed by atoms with Gasteiger partial charge in [-0.1, -0.05) is 114 Å². The zero-order valence-corrected chi connectivity index (χ0v) is 17.3. The molecule has 0 aliphatic heterocycles. The summed E-state index contributed by atoms with van der Waals surface area (Å²) in [5.74, 6) is 0. The highest BCUT2D eigenvalue weighted by Gasteiger charge is 2.20. The summed E-state index contributed by atoms with van der Waals surface area (Å²) in [5.41, 5.74) is 2.50. The molecule has 0 bridgehead atoms. The van der Waals surface area contributed by atoms with E-state index in [0.717, 1.165) is 0 Å². The summed E-state index contributed by atoms with van der Waals surface area (Å²) in [4.78, 5) is 0. The van der Waals surface area contributed by atoms with Gasteiger partial charge in [0.05, 0.1) is 0 Å². The first kappa shape index (κ1) is 18.5. The van der Waals surface area contributed by atoms with Crippen LogP contribution in [-0.4, -0.2) is 19.0 Å². The van der Waals surface area contributed by atoms with E-state index in [-0.39, 0.29) is 0 Å². The molecule has 0 aromatic heterocycles. The Morgan fingerprint density at radius 2 is 1.00 bits per heavy atom. The third-order valence-electron chi connectivity index (χ3n) is 5.40. The highest BCUT2D eigenvalue weighted by Crippen LogP contribution is 2.36.